The Bertz CT molecular complexity index is 448. The molecule has 0 atom stereocenters. The van der Waals surface area contributed by atoms with Crippen molar-refractivity contribution >= 4 is 0 Å². The first-order valence-corrected chi connectivity index (χ1v) is 5.49. The van der Waals surface area contributed by atoms with Gasteiger partial charge in [-0.2, -0.15) is 22.0 Å². The summed E-state index contributed by atoms with van der Waals surface area (Å²) in [6, 6.07) is 4.49. The molecular formula is C12H12F5N. The van der Waals surface area contributed by atoms with Crippen molar-refractivity contribution in [2.75, 3.05) is 6.54 Å². The number of hydrogen-bond donors (Lipinski definition) is 1. The average Bonchev–Trinajstić information content (AvgIpc) is 3.08. The van der Waals surface area contributed by atoms with Crippen LogP contribution in [0.15, 0.2) is 24.3 Å². The Kier molecular flexibility index (Phi) is 2.88. The SMILES string of the molecule is NCC1(c2cccc(C(F)(F)C(F)(F)F)c2)CC1. The van der Waals surface area contributed by atoms with Gasteiger partial charge in [-0.15, -0.1) is 0 Å². The molecule has 0 unspecified atom stereocenters. The smallest absolute Gasteiger partial charge is 0.330 e. The van der Waals surface area contributed by atoms with E-state index in [2.05, 4.69) is 0 Å². The van der Waals surface area contributed by atoms with Gasteiger partial charge in [0, 0.05) is 17.5 Å². The molecule has 1 fully saturated rings. The van der Waals surface area contributed by atoms with Crippen LogP contribution in [0.25, 0.3) is 0 Å². The minimum atomic E-state index is -5.58. The summed E-state index contributed by atoms with van der Waals surface area (Å²) in [6.45, 7) is 0.258. The fourth-order valence-electron chi connectivity index (χ4n) is 1.97. The molecule has 0 bridgehead atoms. The van der Waals surface area contributed by atoms with E-state index >= 15 is 0 Å². The topological polar surface area (TPSA) is 26.0 Å². The first-order valence-electron chi connectivity index (χ1n) is 5.49. The van der Waals surface area contributed by atoms with Crippen molar-refractivity contribution in [3.05, 3.63) is 35.4 Å². The Morgan fingerprint density at radius 3 is 2.17 bits per heavy atom. The molecule has 0 aromatic heterocycles. The van der Waals surface area contributed by atoms with Crippen LogP contribution in [-0.4, -0.2) is 12.7 Å². The van der Waals surface area contributed by atoms with Crippen LogP contribution < -0.4 is 5.73 Å². The minimum Gasteiger partial charge on any atom is -0.330 e. The van der Waals surface area contributed by atoms with Crippen LogP contribution in [0, 0.1) is 0 Å². The number of rotatable bonds is 3. The number of nitrogens with two attached hydrogens (primary N) is 1. The molecule has 0 spiro atoms. The second kappa shape index (κ2) is 3.91. The van der Waals surface area contributed by atoms with Gasteiger partial charge in [-0.1, -0.05) is 18.2 Å². The molecule has 18 heavy (non-hydrogen) atoms. The Hall–Kier alpha value is -1.17. The van der Waals surface area contributed by atoms with E-state index in [0.717, 1.165) is 25.0 Å². The van der Waals surface area contributed by atoms with E-state index < -0.39 is 23.1 Å². The Morgan fingerprint density at radius 2 is 1.72 bits per heavy atom. The van der Waals surface area contributed by atoms with E-state index in [1.807, 2.05) is 0 Å². The second-order valence-corrected chi connectivity index (χ2v) is 4.64. The molecule has 1 aliphatic carbocycles. The molecule has 2 N–H and O–H groups in total. The van der Waals surface area contributed by atoms with Gasteiger partial charge in [0.25, 0.3) is 0 Å². The van der Waals surface area contributed by atoms with Crippen molar-refractivity contribution < 1.29 is 22.0 Å². The maximum absolute atomic E-state index is 13.2. The quantitative estimate of drug-likeness (QED) is 0.833. The molecule has 100 valence electrons. The highest BCUT2D eigenvalue weighted by Crippen LogP contribution is 2.49. The monoisotopic (exact) mass is 265 g/mol. The van der Waals surface area contributed by atoms with Crippen molar-refractivity contribution in [1.82, 2.24) is 0 Å². The highest BCUT2D eigenvalue weighted by atomic mass is 19.4. The van der Waals surface area contributed by atoms with E-state index in [1.54, 1.807) is 6.07 Å². The molecule has 0 saturated heterocycles. The molecule has 0 aliphatic heterocycles. The van der Waals surface area contributed by atoms with Crippen LogP contribution in [-0.2, 0) is 11.3 Å². The average molecular weight is 265 g/mol. The molecule has 2 rings (SSSR count). The molecule has 0 heterocycles. The molecule has 1 nitrogen and oxygen atoms in total. The van der Waals surface area contributed by atoms with Crippen LogP contribution in [0.1, 0.15) is 24.0 Å². The Morgan fingerprint density at radius 1 is 1.11 bits per heavy atom. The van der Waals surface area contributed by atoms with Crippen LogP contribution in [0.2, 0.25) is 0 Å². The lowest BCUT2D eigenvalue weighted by molar-refractivity contribution is -0.289. The summed E-state index contributed by atoms with van der Waals surface area (Å²) in [5.41, 5.74) is 4.57. The first kappa shape index (κ1) is 13.3. The van der Waals surface area contributed by atoms with E-state index in [9.17, 15) is 22.0 Å². The zero-order chi connectivity index (χ0) is 13.6. The normalized spacial score (nSPS) is 18.8. The van der Waals surface area contributed by atoms with Crippen LogP contribution in [0.4, 0.5) is 22.0 Å². The number of alkyl halides is 5. The maximum atomic E-state index is 13.2. The van der Waals surface area contributed by atoms with Crippen LogP contribution in [0.3, 0.4) is 0 Å². The van der Waals surface area contributed by atoms with Gasteiger partial charge in [0.1, 0.15) is 0 Å². The zero-order valence-corrected chi connectivity index (χ0v) is 9.40. The van der Waals surface area contributed by atoms with Crippen molar-refractivity contribution in [2.24, 2.45) is 5.73 Å². The lowest BCUT2D eigenvalue weighted by Crippen LogP contribution is -2.34. The Labute approximate surface area is 101 Å². The summed E-state index contributed by atoms with van der Waals surface area (Å²) in [5.74, 6) is -4.83. The predicted octanol–water partition coefficient (Wildman–Crippen LogP) is 3.33. The summed E-state index contributed by atoms with van der Waals surface area (Å²) in [7, 11) is 0. The number of benzene rings is 1. The lowest BCUT2D eigenvalue weighted by atomic mass is 9.93. The largest absolute Gasteiger partial charge is 0.458 e. The molecular weight excluding hydrogens is 253 g/mol. The molecule has 6 heteroatoms. The molecule has 1 aromatic rings. The minimum absolute atomic E-state index is 0.258. The third-order valence-corrected chi connectivity index (χ3v) is 3.44. The molecule has 1 aromatic carbocycles. The first-order chi connectivity index (χ1) is 8.23. The summed E-state index contributed by atoms with van der Waals surface area (Å²) >= 11 is 0. The molecule has 0 radical (unpaired) electrons. The fourth-order valence-corrected chi connectivity index (χ4v) is 1.97. The standard InChI is InChI=1S/C12H12F5N/c13-11(14,12(15,16)17)9-3-1-2-8(6-9)10(7-18)4-5-10/h1-3,6H,4-5,7,18H2. The van der Waals surface area contributed by atoms with Gasteiger partial charge in [0.2, 0.25) is 0 Å². The number of hydrogen-bond acceptors (Lipinski definition) is 1. The Balaban J connectivity index is 2.39. The van der Waals surface area contributed by atoms with Crippen molar-refractivity contribution in [3.63, 3.8) is 0 Å². The van der Waals surface area contributed by atoms with Crippen molar-refractivity contribution in [3.8, 4) is 0 Å². The van der Waals surface area contributed by atoms with Gasteiger partial charge in [0.15, 0.2) is 0 Å². The fraction of sp³-hybridized carbons (Fsp3) is 0.500. The maximum Gasteiger partial charge on any atom is 0.458 e. The van der Waals surface area contributed by atoms with E-state index in [0.29, 0.717) is 5.56 Å². The van der Waals surface area contributed by atoms with Gasteiger partial charge >= 0.3 is 12.1 Å². The molecule has 1 aliphatic rings. The predicted molar refractivity (Wildman–Crippen MR) is 56.4 cm³/mol. The number of halogens is 5. The third kappa shape index (κ3) is 1.98. The third-order valence-electron chi connectivity index (χ3n) is 3.44. The van der Waals surface area contributed by atoms with Crippen LogP contribution >= 0.6 is 0 Å². The highest BCUT2D eigenvalue weighted by Gasteiger charge is 2.59. The van der Waals surface area contributed by atoms with E-state index in [4.69, 9.17) is 5.73 Å². The highest BCUT2D eigenvalue weighted by molar-refractivity contribution is 5.37. The summed E-state index contributed by atoms with van der Waals surface area (Å²) in [4.78, 5) is 0. The van der Waals surface area contributed by atoms with Crippen molar-refractivity contribution in [2.45, 2.75) is 30.4 Å². The van der Waals surface area contributed by atoms with Crippen LogP contribution in [0.5, 0.6) is 0 Å². The summed E-state index contributed by atoms with van der Waals surface area (Å²) < 4.78 is 63.2. The van der Waals surface area contributed by atoms with Gasteiger partial charge in [-0.25, -0.2) is 0 Å². The van der Waals surface area contributed by atoms with E-state index in [1.165, 1.54) is 6.07 Å². The van der Waals surface area contributed by atoms with Gasteiger partial charge < -0.3 is 5.73 Å². The van der Waals surface area contributed by atoms with Gasteiger partial charge in [0.05, 0.1) is 0 Å². The lowest BCUT2D eigenvalue weighted by Gasteiger charge is -2.22. The molecule has 0 amide bonds. The zero-order valence-electron chi connectivity index (χ0n) is 9.40. The van der Waals surface area contributed by atoms with Crippen molar-refractivity contribution in [1.29, 1.82) is 0 Å². The van der Waals surface area contributed by atoms with Gasteiger partial charge in [-0.05, 0) is 24.5 Å². The van der Waals surface area contributed by atoms with E-state index in [-0.39, 0.29) is 6.54 Å². The second-order valence-electron chi connectivity index (χ2n) is 4.64. The summed E-state index contributed by atoms with van der Waals surface area (Å²) in [6.07, 6.45) is -4.12. The van der Waals surface area contributed by atoms with Gasteiger partial charge in [-0.3, -0.25) is 0 Å². The molecule has 1 saturated carbocycles. The summed E-state index contributed by atoms with van der Waals surface area (Å²) in [5, 5.41) is 0.